The Kier molecular flexibility index (Phi) is 5.14. The molecule has 1 aromatic rings. The third kappa shape index (κ3) is 4.21. The molecular formula is C17H22N2O6S. The molecule has 0 aromatic heterocycles. The number of anilines is 1. The van der Waals surface area contributed by atoms with Gasteiger partial charge in [-0.15, -0.1) is 0 Å². The minimum absolute atomic E-state index is 0.115. The Bertz CT molecular complexity index is 881. The van der Waals surface area contributed by atoms with Gasteiger partial charge in [-0.05, 0) is 44.4 Å². The van der Waals surface area contributed by atoms with E-state index >= 15 is 0 Å². The fraction of sp³-hybridized carbons (Fsp3) is 0.471. The van der Waals surface area contributed by atoms with Crippen LogP contribution in [0.2, 0.25) is 0 Å². The van der Waals surface area contributed by atoms with Gasteiger partial charge in [-0.25, -0.2) is 17.9 Å². The van der Waals surface area contributed by atoms with Crippen LogP contribution in [0.5, 0.6) is 0 Å². The summed E-state index contributed by atoms with van der Waals surface area (Å²) in [6.45, 7) is 8.24. The summed E-state index contributed by atoms with van der Waals surface area (Å²) in [7, 11) is -3.93. The summed E-state index contributed by atoms with van der Waals surface area (Å²) in [5, 5.41) is 2.73. The van der Waals surface area contributed by atoms with E-state index in [4.69, 9.17) is 4.74 Å². The number of amides is 1. The lowest BCUT2D eigenvalue weighted by molar-refractivity contribution is -0.161. The molecule has 0 spiro atoms. The monoisotopic (exact) mass is 382 g/mol. The minimum Gasteiger partial charge on any atom is -0.454 e. The third-order valence-corrected chi connectivity index (χ3v) is 4.93. The minimum atomic E-state index is -3.93. The molecule has 0 bridgehead atoms. The lowest BCUT2D eigenvalue weighted by Gasteiger charge is -2.19. The molecule has 0 saturated heterocycles. The van der Waals surface area contributed by atoms with E-state index in [9.17, 15) is 22.8 Å². The molecule has 1 aliphatic rings. The quantitative estimate of drug-likeness (QED) is 0.586. The van der Waals surface area contributed by atoms with E-state index in [1.807, 2.05) is 18.6 Å². The predicted molar refractivity (Wildman–Crippen MR) is 94.5 cm³/mol. The summed E-state index contributed by atoms with van der Waals surface area (Å²) in [6, 6.07) is 2.88. The summed E-state index contributed by atoms with van der Waals surface area (Å²) >= 11 is 0. The van der Waals surface area contributed by atoms with E-state index in [1.54, 1.807) is 26.8 Å². The molecular weight excluding hydrogens is 360 g/mol. The SMILES string of the molecule is CC(C)c1cc(NCC(=O)C(=O)OC(C)(C)C)cc2c1C(=O)NS2(=O)=O. The van der Waals surface area contributed by atoms with E-state index in [1.165, 1.54) is 6.07 Å². The molecule has 142 valence electrons. The zero-order chi connectivity index (χ0) is 19.9. The van der Waals surface area contributed by atoms with Crippen molar-refractivity contribution in [3.05, 3.63) is 23.3 Å². The number of carbonyl (C=O) groups is 3. The topological polar surface area (TPSA) is 119 Å². The van der Waals surface area contributed by atoms with Crippen LogP contribution in [-0.2, 0) is 24.3 Å². The molecule has 0 aliphatic carbocycles. The summed E-state index contributed by atoms with van der Waals surface area (Å²) in [5.74, 6) is -2.55. The first-order valence-corrected chi connectivity index (χ1v) is 9.55. The molecule has 0 radical (unpaired) electrons. The number of hydrogen-bond acceptors (Lipinski definition) is 7. The maximum atomic E-state index is 12.1. The molecule has 2 N–H and O–H groups in total. The summed E-state index contributed by atoms with van der Waals surface area (Å²) in [5.41, 5.74) is 0.187. The molecule has 8 nitrogen and oxygen atoms in total. The second-order valence-electron chi connectivity index (χ2n) is 7.31. The molecule has 0 fully saturated rings. The average Bonchev–Trinajstić information content (AvgIpc) is 2.71. The van der Waals surface area contributed by atoms with Gasteiger partial charge in [-0.1, -0.05) is 13.8 Å². The van der Waals surface area contributed by atoms with Gasteiger partial charge in [0.05, 0.1) is 12.1 Å². The lowest BCUT2D eigenvalue weighted by Crippen LogP contribution is -2.32. The molecule has 0 unspecified atom stereocenters. The van der Waals surface area contributed by atoms with Gasteiger partial charge in [-0.2, -0.15) is 0 Å². The van der Waals surface area contributed by atoms with Crippen molar-refractivity contribution in [2.24, 2.45) is 0 Å². The van der Waals surface area contributed by atoms with Crippen molar-refractivity contribution in [3.8, 4) is 0 Å². The van der Waals surface area contributed by atoms with Crippen molar-refractivity contribution in [1.82, 2.24) is 4.72 Å². The number of hydrogen-bond donors (Lipinski definition) is 2. The highest BCUT2D eigenvalue weighted by Crippen LogP contribution is 2.33. The van der Waals surface area contributed by atoms with Crippen LogP contribution >= 0.6 is 0 Å². The number of Topliss-reactive ketones (excluding diaryl/α,β-unsaturated/α-hetero) is 1. The molecule has 1 aliphatic heterocycles. The van der Waals surface area contributed by atoms with Crippen LogP contribution in [0.15, 0.2) is 17.0 Å². The number of benzene rings is 1. The van der Waals surface area contributed by atoms with Gasteiger partial charge in [0.15, 0.2) is 0 Å². The smallest absolute Gasteiger partial charge is 0.377 e. The third-order valence-electron chi connectivity index (χ3n) is 3.58. The molecule has 0 atom stereocenters. The average molecular weight is 382 g/mol. The number of ether oxygens (including phenoxy) is 1. The Balaban J connectivity index is 2.27. The van der Waals surface area contributed by atoms with Gasteiger partial charge in [0.1, 0.15) is 10.5 Å². The lowest BCUT2D eigenvalue weighted by atomic mass is 9.96. The first-order valence-electron chi connectivity index (χ1n) is 8.07. The Morgan fingerprint density at radius 2 is 1.85 bits per heavy atom. The zero-order valence-corrected chi connectivity index (χ0v) is 16.1. The number of nitrogens with one attached hydrogen (secondary N) is 2. The second kappa shape index (κ2) is 6.71. The van der Waals surface area contributed by atoms with Crippen LogP contribution in [0, 0.1) is 0 Å². The van der Waals surface area contributed by atoms with Crippen LogP contribution in [0.3, 0.4) is 0 Å². The van der Waals surface area contributed by atoms with Crippen molar-refractivity contribution in [3.63, 3.8) is 0 Å². The van der Waals surface area contributed by atoms with Gasteiger partial charge in [-0.3, -0.25) is 9.59 Å². The Hall–Kier alpha value is -2.42. The van der Waals surface area contributed by atoms with Crippen molar-refractivity contribution in [2.45, 2.75) is 51.0 Å². The van der Waals surface area contributed by atoms with Crippen LogP contribution in [0.25, 0.3) is 0 Å². The van der Waals surface area contributed by atoms with Gasteiger partial charge >= 0.3 is 5.97 Å². The van der Waals surface area contributed by atoms with Crippen LogP contribution < -0.4 is 10.0 Å². The zero-order valence-electron chi connectivity index (χ0n) is 15.3. The van der Waals surface area contributed by atoms with Gasteiger partial charge < -0.3 is 10.1 Å². The second-order valence-corrected chi connectivity index (χ2v) is 8.96. The largest absolute Gasteiger partial charge is 0.454 e. The van der Waals surface area contributed by atoms with E-state index < -0.39 is 33.3 Å². The first-order chi connectivity index (χ1) is 11.8. The molecule has 1 aromatic carbocycles. The van der Waals surface area contributed by atoms with Gasteiger partial charge in [0.2, 0.25) is 0 Å². The summed E-state index contributed by atoms with van der Waals surface area (Å²) in [6.07, 6.45) is 0. The predicted octanol–water partition coefficient (Wildman–Crippen LogP) is 1.56. The highest BCUT2D eigenvalue weighted by atomic mass is 32.2. The van der Waals surface area contributed by atoms with Gasteiger partial charge in [0.25, 0.3) is 21.7 Å². The molecule has 9 heteroatoms. The molecule has 2 rings (SSSR count). The first kappa shape index (κ1) is 19.9. The highest BCUT2D eigenvalue weighted by molar-refractivity contribution is 7.90. The Morgan fingerprint density at radius 1 is 1.23 bits per heavy atom. The molecule has 0 saturated carbocycles. The van der Waals surface area contributed by atoms with E-state index in [0.29, 0.717) is 11.3 Å². The molecule has 26 heavy (non-hydrogen) atoms. The standard InChI is InChI=1S/C17H22N2O6S/c1-9(2)11-6-10(7-13-14(11)15(21)19-26(13,23)24)18-8-12(20)16(22)25-17(3,4)5/h6-7,9,18H,8H2,1-5H3,(H,19,21). The summed E-state index contributed by atoms with van der Waals surface area (Å²) in [4.78, 5) is 35.5. The van der Waals surface area contributed by atoms with Crippen LogP contribution in [-0.4, -0.2) is 38.2 Å². The van der Waals surface area contributed by atoms with E-state index in [2.05, 4.69) is 5.32 Å². The number of ketones is 1. The van der Waals surface area contributed by atoms with Crippen molar-refractivity contribution >= 4 is 33.4 Å². The van der Waals surface area contributed by atoms with E-state index in [0.717, 1.165) is 0 Å². The molecule has 1 amide bonds. The van der Waals surface area contributed by atoms with Crippen molar-refractivity contribution < 1.29 is 27.5 Å². The fourth-order valence-electron chi connectivity index (χ4n) is 2.47. The fourth-order valence-corrected chi connectivity index (χ4v) is 3.68. The maximum Gasteiger partial charge on any atom is 0.377 e. The Labute approximate surface area is 152 Å². The van der Waals surface area contributed by atoms with Crippen molar-refractivity contribution in [1.29, 1.82) is 0 Å². The number of fused-ring (bicyclic) bond motifs is 1. The summed E-state index contributed by atoms with van der Waals surface area (Å²) < 4.78 is 31.1. The number of carbonyl (C=O) groups excluding carboxylic acids is 3. The van der Waals surface area contributed by atoms with Crippen LogP contribution in [0.4, 0.5) is 5.69 Å². The number of sulfonamides is 1. The highest BCUT2D eigenvalue weighted by Gasteiger charge is 2.36. The number of esters is 1. The van der Waals surface area contributed by atoms with E-state index in [-0.39, 0.29) is 22.9 Å². The van der Waals surface area contributed by atoms with Gasteiger partial charge in [0, 0.05) is 5.69 Å². The molecule has 1 heterocycles. The van der Waals surface area contributed by atoms with Crippen molar-refractivity contribution in [2.75, 3.05) is 11.9 Å². The normalized spacial score (nSPS) is 15.4. The number of rotatable bonds is 5. The Morgan fingerprint density at radius 3 is 2.38 bits per heavy atom. The van der Waals surface area contributed by atoms with Crippen LogP contribution in [0.1, 0.15) is 56.5 Å². The maximum absolute atomic E-state index is 12.1.